The number of aromatic hydroxyl groups is 1. The van der Waals surface area contributed by atoms with E-state index in [1.54, 1.807) is 13.0 Å². The number of rotatable bonds is 2. The Labute approximate surface area is 132 Å². The molecule has 0 bridgehead atoms. The van der Waals surface area contributed by atoms with E-state index in [1.165, 1.54) is 30.4 Å². The van der Waals surface area contributed by atoms with Gasteiger partial charge in [0.15, 0.2) is 0 Å². The van der Waals surface area contributed by atoms with Crippen LogP contribution in [0.25, 0.3) is 0 Å². The molecule has 1 aromatic rings. The number of carboxylic acid groups (broad SMARTS) is 2. The van der Waals surface area contributed by atoms with Crippen molar-refractivity contribution in [1.29, 1.82) is 0 Å². The van der Waals surface area contributed by atoms with Gasteiger partial charge in [0.2, 0.25) is 0 Å². The summed E-state index contributed by atoms with van der Waals surface area (Å²) in [6.45, 7) is 1.57. The van der Waals surface area contributed by atoms with E-state index in [0.717, 1.165) is 0 Å². The third kappa shape index (κ3) is 4.56. The summed E-state index contributed by atoms with van der Waals surface area (Å²) in [4.78, 5) is 20.9. The molecule has 23 heavy (non-hydrogen) atoms. The number of nitrogens with two attached hydrogens (primary N) is 2. The van der Waals surface area contributed by atoms with Gasteiger partial charge in [-0.2, -0.15) is 0 Å². The molecule has 1 aromatic carbocycles. The summed E-state index contributed by atoms with van der Waals surface area (Å²) in [6.07, 6.45) is 3.32. The van der Waals surface area contributed by atoms with Crippen molar-refractivity contribution in [2.45, 2.75) is 18.6 Å². The molecule has 0 heterocycles. The Morgan fingerprint density at radius 2 is 1.83 bits per heavy atom. The number of allylic oxidation sites excluding steroid dienone is 2. The molecule has 1 aliphatic rings. The van der Waals surface area contributed by atoms with Gasteiger partial charge in [0.05, 0.1) is 11.1 Å². The van der Waals surface area contributed by atoms with E-state index < -0.39 is 23.6 Å². The molecule has 0 aromatic heterocycles. The Morgan fingerprint density at radius 3 is 2.26 bits per heavy atom. The fourth-order valence-corrected chi connectivity index (χ4v) is 1.79. The fourth-order valence-electron chi connectivity index (χ4n) is 1.79. The lowest BCUT2D eigenvalue weighted by Crippen LogP contribution is -2.49. The van der Waals surface area contributed by atoms with Gasteiger partial charge < -0.3 is 31.9 Å². The lowest BCUT2D eigenvalue weighted by atomic mass is 9.86. The van der Waals surface area contributed by atoms with Crippen molar-refractivity contribution in [3.8, 4) is 5.75 Å². The van der Waals surface area contributed by atoms with Crippen molar-refractivity contribution in [2.75, 3.05) is 5.73 Å². The molecule has 0 saturated carbocycles. The fraction of sp³-hybridized carbons (Fsp3) is 0.200. The molecule has 1 aliphatic carbocycles. The van der Waals surface area contributed by atoms with Crippen molar-refractivity contribution >= 4 is 17.6 Å². The number of hydrogen-bond acceptors (Lipinski definition) is 6. The van der Waals surface area contributed by atoms with Gasteiger partial charge in [0.25, 0.3) is 0 Å². The van der Waals surface area contributed by atoms with Gasteiger partial charge in [-0.1, -0.05) is 12.2 Å². The van der Waals surface area contributed by atoms with Gasteiger partial charge in [0.1, 0.15) is 17.4 Å². The molecule has 2 atom stereocenters. The first-order chi connectivity index (χ1) is 10.6. The normalized spacial score (nSPS) is 22.6. The SMILES string of the molecule is CC1(N)C=CC=C(C(=O)O)C1O.Nc1ccc(O)c(C(=O)O)c1. The highest BCUT2D eigenvalue weighted by atomic mass is 16.4. The van der Waals surface area contributed by atoms with Crippen LogP contribution in [0.4, 0.5) is 5.69 Å². The highest BCUT2D eigenvalue weighted by molar-refractivity contribution is 5.91. The molecule has 8 heteroatoms. The Bertz CT molecular complexity index is 679. The van der Waals surface area contributed by atoms with Crippen LogP contribution in [-0.4, -0.2) is 44.0 Å². The van der Waals surface area contributed by atoms with Crippen LogP contribution in [-0.2, 0) is 4.79 Å². The minimum absolute atomic E-state index is 0.0671. The number of carboxylic acids is 2. The number of aromatic carboxylic acids is 1. The maximum Gasteiger partial charge on any atom is 0.339 e. The molecule has 8 nitrogen and oxygen atoms in total. The molecule has 2 unspecified atom stereocenters. The summed E-state index contributed by atoms with van der Waals surface area (Å²) in [5.41, 5.74) is 9.99. The van der Waals surface area contributed by atoms with E-state index in [0.29, 0.717) is 5.69 Å². The summed E-state index contributed by atoms with van der Waals surface area (Å²) in [7, 11) is 0. The third-order valence-electron chi connectivity index (χ3n) is 3.11. The van der Waals surface area contributed by atoms with Crippen molar-refractivity contribution < 1.29 is 30.0 Å². The molecule has 0 radical (unpaired) electrons. The summed E-state index contributed by atoms with van der Waals surface area (Å²) >= 11 is 0. The van der Waals surface area contributed by atoms with Gasteiger partial charge in [0, 0.05) is 5.69 Å². The second-order valence-electron chi connectivity index (χ2n) is 5.14. The van der Waals surface area contributed by atoms with E-state index in [1.807, 2.05) is 0 Å². The zero-order valence-electron chi connectivity index (χ0n) is 12.3. The average Bonchev–Trinajstić information content (AvgIpc) is 2.44. The topological polar surface area (TPSA) is 167 Å². The first-order valence-electron chi connectivity index (χ1n) is 6.47. The number of nitrogen functional groups attached to an aromatic ring is 1. The molecule has 8 N–H and O–H groups in total. The van der Waals surface area contributed by atoms with Crippen LogP contribution in [0.5, 0.6) is 5.75 Å². The van der Waals surface area contributed by atoms with Crippen LogP contribution >= 0.6 is 0 Å². The van der Waals surface area contributed by atoms with Gasteiger partial charge in [-0.05, 0) is 31.2 Å². The molecular formula is C15H18N2O6. The van der Waals surface area contributed by atoms with Crippen LogP contribution in [0.2, 0.25) is 0 Å². The number of benzene rings is 1. The highest BCUT2D eigenvalue weighted by Gasteiger charge is 2.33. The lowest BCUT2D eigenvalue weighted by molar-refractivity contribution is -0.134. The first kappa shape index (κ1) is 18.2. The molecule has 2 rings (SSSR count). The zero-order valence-corrected chi connectivity index (χ0v) is 12.3. The first-order valence-corrected chi connectivity index (χ1v) is 6.47. The second-order valence-corrected chi connectivity index (χ2v) is 5.14. The second kappa shape index (κ2) is 6.95. The number of hydrogen-bond donors (Lipinski definition) is 6. The number of aliphatic hydroxyl groups excluding tert-OH is 1. The van der Waals surface area contributed by atoms with Crippen LogP contribution in [0.1, 0.15) is 17.3 Å². The average molecular weight is 322 g/mol. The Kier molecular flexibility index (Phi) is 5.50. The lowest BCUT2D eigenvalue weighted by Gasteiger charge is -2.29. The summed E-state index contributed by atoms with van der Waals surface area (Å²) in [5.74, 6) is -2.59. The van der Waals surface area contributed by atoms with Gasteiger partial charge >= 0.3 is 11.9 Å². The van der Waals surface area contributed by atoms with Crippen LogP contribution in [0.3, 0.4) is 0 Å². The van der Waals surface area contributed by atoms with Gasteiger partial charge in [-0.25, -0.2) is 9.59 Å². The summed E-state index contributed by atoms with van der Waals surface area (Å²) in [6, 6.07) is 3.89. The van der Waals surface area contributed by atoms with Crippen molar-refractivity contribution in [2.24, 2.45) is 5.73 Å². The molecule has 124 valence electrons. The van der Waals surface area contributed by atoms with Crippen molar-refractivity contribution in [1.82, 2.24) is 0 Å². The molecule has 0 amide bonds. The predicted octanol–water partition coefficient (Wildman–Crippen LogP) is 0.318. The smallest absolute Gasteiger partial charge is 0.339 e. The number of aliphatic carboxylic acids is 1. The molecular weight excluding hydrogens is 304 g/mol. The number of carbonyl (C=O) groups is 2. The number of aliphatic hydroxyl groups is 1. The van der Waals surface area contributed by atoms with E-state index in [2.05, 4.69) is 0 Å². The summed E-state index contributed by atoms with van der Waals surface area (Å²) < 4.78 is 0. The third-order valence-corrected chi connectivity index (χ3v) is 3.11. The van der Waals surface area contributed by atoms with Gasteiger partial charge in [-0.3, -0.25) is 0 Å². The standard InChI is InChI=1S/C8H11NO3.C7H7NO3/c1-8(9)4-2-3-5(6(8)10)7(11)12;8-4-1-2-6(9)5(3-4)7(10)11/h2-4,6,10H,9H2,1H3,(H,11,12);1-3,9H,8H2,(H,10,11). The van der Waals surface area contributed by atoms with E-state index in [4.69, 9.17) is 26.8 Å². The molecule has 0 fully saturated rings. The largest absolute Gasteiger partial charge is 0.507 e. The summed E-state index contributed by atoms with van der Waals surface area (Å²) in [5, 5.41) is 35.5. The van der Waals surface area contributed by atoms with E-state index >= 15 is 0 Å². The van der Waals surface area contributed by atoms with E-state index in [-0.39, 0.29) is 16.9 Å². The minimum atomic E-state index is -1.19. The Morgan fingerprint density at radius 1 is 1.22 bits per heavy atom. The van der Waals surface area contributed by atoms with E-state index in [9.17, 15) is 14.7 Å². The van der Waals surface area contributed by atoms with Crippen molar-refractivity contribution in [3.63, 3.8) is 0 Å². The van der Waals surface area contributed by atoms with Crippen LogP contribution < -0.4 is 11.5 Å². The highest BCUT2D eigenvalue weighted by Crippen LogP contribution is 2.21. The molecule has 0 spiro atoms. The Balaban J connectivity index is 0.000000231. The van der Waals surface area contributed by atoms with Crippen molar-refractivity contribution in [3.05, 3.63) is 47.6 Å². The maximum absolute atomic E-state index is 10.5. The van der Waals surface area contributed by atoms with Gasteiger partial charge in [-0.15, -0.1) is 0 Å². The zero-order chi connectivity index (χ0) is 17.8. The number of anilines is 1. The van der Waals surface area contributed by atoms with Crippen LogP contribution in [0, 0.1) is 0 Å². The molecule has 0 saturated heterocycles. The minimum Gasteiger partial charge on any atom is -0.507 e. The monoisotopic (exact) mass is 322 g/mol. The maximum atomic E-state index is 10.5. The quantitative estimate of drug-likeness (QED) is 0.334. The molecule has 0 aliphatic heterocycles. The predicted molar refractivity (Wildman–Crippen MR) is 82.9 cm³/mol. The van der Waals surface area contributed by atoms with Crippen LogP contribution in [0.15, 0.2) is 42.0 Å². The number of phenols is 1. The Hall–Kier alpha value is -2.84.